The van der Waals surface area contributed by atoms with Crippen LogP contribution in [0.2, 0.25) is 5.02 Å². The van der Waals surface area contributed by atoms with Crippen molar-refractivity contribution in [2.75, 3.05) is 38.5 Å². The summed E-state index contributed by atoms with van der Waals surface area (Å²) in [6.45, 7) is 1.22. The number of hydrogen-bond donors (Lipinski definition) is 4. The Morgan fingerprint density at radius 2 is 1.82 bits per heavy atom. The highest BCUT2D eigenvalue weighted by atomic mass is 35.5. The lowest BCUT2D eigenvalue weighted by atomic mass is 10.1. The largest absolute Gasteiger partial charge is 0.492 e. The monoisotopic (exact) mass is 502 g/mol. The molecule has 34 heavy (non-hydrogen) atoms. The van der Waals surface area contributed by atoms with E-state index in [4.69, 9.17) is 16.3 Å². The van der Waals surface area contributed by atoms with E-state index in [-0.39, 0.29) is 17.3 Å². The quantitative estimate of drug-likeness (QED) is 0.246. The van der Waals surface area contributed by atoms with Crippen LogP contribution in [0.1, 0.15) is 11.7 Å². The highest BCUT2D eigenvalue weighted by Crippen LogP contribution is 2.29. The van der Waals surface area contributed by atoms with Crippen molar-refractivity contribution in [1.82, 2.24) is 14.6 Å². The minimum absolute atomic E-state index is 0.211. The van der Waals surface area contributed by atoms with Crippen LogP contribution in [0.5, 0.6) is 5.75 Å². The van der Waals surface area contributed by atoms with Crippen molar-refractivity contribution in [2.24, 2.45) is 0 Å². The first-order chi connectivity index (χ1) is 16.2. The summed E-state index contributed by atoms with van der Waals surface area (Å²) >= 11 is 6.11. The number of aliphatic hydroxyl groups is 1. The van der Waals surface area contributed by atoms with Crippen molar-refractivity contribution in [3.05, 3.63) is 71.2 Å². The third-order valence-corrected chi connectivity index (χ3v) is 7.23. The molecule has 0 aliphatic carbocycles. The van der Waals surface area contributed by atoms with Crippen LogP contribution in [0.15, 0.2) is 60.7 Å². The Kier molecular flexibility index (Phi) is 7.30. The fraction of sp³-hybridized carbons (Fsp3) is 0.250. The summed E-state index contributed by atoms with van der Waals surface area (Å²) in [4.78, 5) is 3.40. The van der Waals surface area contributed by atoms with Crippen LogP contribution in [0.25, 0.3) is 21.8 Å². The van der Waals surface area contributed by atoms with Gasteiger partial charge in [-0.1, -0.05) is 35.9 Å². The Morgan fingerprint density at radius 1 is 1.06 bits per heavy atom. The van der Waals surface area contributed by atoms with Crippen LogP contribution in [0.4, 0.5) is 5.69 Å². The average Bonchev–Trinajstić information content (AvgIpc) is 3.17. The van der Waals surface area contributed by atoms with Crippen LogP contribution in [0, 0.1) is 0 Å². The molecule has 0 saturated carbocycles. The van der Waals surface area contributed by atoms with Gasteiger partial charge in [0.15, 0.2) is 0 Å². The Hall–Kier alpha value is -2.82. The molecule has 1 aromatic heterocycles. The van der Waals surface area contributed by atoms with E-state index in [1.807, 2.05) is 36.4 Å². The number of H-pyrrole nitrogens is 1. The van der Waals surface area contributed by atoms with E-state index in [1.54, 1.807) is 12.1 Å². The predicted octanol–water partition coefficient (Wildman–Crippen LogP) is 3.89. The third kappa shape index (κ3) is 5.45. The normalized spacial score (nSPS) is 13.0. The van der Waals surface area contributed by atoms with Gasteiger partial charge in [0.25, 0.3) is 0 Å². The van der Waals surface area contributed by atoms with E-state index >= 15 is 0 Å². The summed E-state index contributed by atoms with van der Waals surface area (Å²) in [5.41, 5.74) is 2.86. The maximum absolute atomic E-state index is 12.1. The maximum Gasteiger partial charge on any atom is 0.301 e. The molecule has 0 spiro atoms. The van der Waals surface area contributed by atoms with Gasteiger partial charge in [0.2, 0.25) is 0 Å². The number of aromatic amines is 1. The van der Waals surface area contributed by atoms with Gasteiger partial charge in [0.05, 0.1) is 22.3 Å². The van der Waals surface area contributed by atoms with Crippen molar-refractivity contribution in [1.29, 1.82) is 0 Å². The number of hydrogen-bond acceptors (Lipinski definition) is 5. The molecule has 1 atom stereocenters. The van der Waals surface area contributed by atoms with Gasteiger partial charge in [-0.2, -0.15) is 12.7 Å². The Labute approximate surface area is 203 Å². The SMILES string of the molecule is CN(C)S(=O)(=O)Nc1cc(C(O)CNCCOc2ccc3c(c2)[nH]c2ccccc23)ccc1Cl. The molecule has 0 bridgehead atoms. The van der Waals surface area contributed by atoms with Crippen molar-refractivity contribution in [3.8, 4) is 5.75 Å². The van der Waals surface area contributed by atoms with E-state index in [0.717, 1.165) is 26.5 Å². The lowest BCUT2D eigenvalue weighted by Crippen LogP contribution is -2.29. The van der Waals surface area contributed by atoms with Gasteiger partial charge >= 0.3 is 10.2 Å². The second kappa shape index (κ2) is 10.2. The van der Waals surface area contributed by atoms with Crippen LogP contribution in [-0.4, -0.2) is 56.6 Å². The molecule has 8 nitrogen and oxygen atoms in total. The Bertz CT molecular complexity index is 1400. The third-order valence-electron chi connectivity index (χ3n) is 5.46. The summed E-state index contributed by atoms with van der Waals surface area (Å²) in [6.07, 6.45) is -0.845. The average molecular weight is 503 g/mol. The van der Waals surface area contributed by atoms with Gasteiger partial charge in [0.1, 0.15) is 12.4 Å². The molecule has 4 N–H and O–H groups in total. The van der Waals surface area contributed by atoms with Gasteiger partial charge in [-0.25, -0.2) is 0 Å². The highest BCUT2D eigenvalue weighted by Gasteiger charge is 2.17. The minimum Gasteiger partial charge on any atom is -0.492 e. The van der Waals surface area contributed by atoms with E-state index < -0.39 is 16.3 Å². The molecule has 0 aliphatic rings. The minimum atomic E-state index is -3.71. The molecule has 1 unspecified atom stereocenters. The van der Waals surface area contributed by atoms with Crippen molar-refractivity contribution in [3.63, 3.8) is 0 Å². The zero-order chi connectivity index (χ0) is 24.3. The van der Waals surface area contributed by atoms with E-state index in [2.05, 4.69) is 21.1 Å². The topological polar surface area (TPSA) is 107 Å². The number of aromatic nitrogens is 1. The standard InChI is InChI=1S/C24H27ClN4O4S/c1-29(2)34(31,32)28-23-13-16(7-10-20(23)25)24(30)15-26-11-12-33-17-8-9-19-18-5-3-4-6-21(18)27-22(19)14-17/h3-10,13-14,24,26-28,30H,11-12,15H2,1-2H3. The van der Waals surface area contributed by atoms with Crippen molar-refractivity contribution >= 4 is 49.3 Å². The van der Waals surface area contributed by atoms with E-state index in [9.17, 15) is 13.5 Å². The van der Waals surface area contributed by atoms with Crippen molar-refractivity contribution < 1.29 is 18.3 Å². The predicted molar refractivity (Wildman–Crippen MR) is 137 cm³/mol. The zero-order valence-electron chi connectivity index (χ0n) is 18.9. The first-order valence-corrected chi connectivity index (χ1v) is 12.6. The van der Waals surface area contributed by atoms with Crippen molar-refractivity contribution in [2.45, 2.75) is 6.10 Å². The highest BCUT2D eigenvalue weighted by molar-refractivity contribution is 7.90. The van der Waals surface area contributed by atoms with Gasteiger partial charge in [-0.3, -0.25) is 4.72 Å². The number of halogens is 1. The van der Waals surface area contributed by atoms with Gasteiger partial charge < -0.3 is 20.1 Å². The summed E-state index contributed by atoms with van der Waals surface area (Å²) in [5.74, 6) is 0.761. The number of benzene rings is 3. The fourth-order valence-corrected chi connectivity index (χ4v) is 4.43. The molecule has 180 valence electrons. The molecule has 0 fully saturated rings. The van der Waals surface area contributed by atoms with Crippen LogP contribution in [0.3, 0.4) is 0 Å². The number of ether oxygens (including phenoxy) is 1. The van der Waals surface area contributed by atoms with Crippen LogP contribution < -0.4 is 14.8 Å². The summed E-state index contributed by atoms with van der Waals surface area (Å²) in [7, 11) is -0.874. The first kappa shape index (κ1) is 24.3. The molecule has 4 aromatic rings. The molecule has 0 aliphatic heterocycles. The van der Waals surface area contributed by atoms with Crippen LogP contribution >= 0.6 is 11.6 Å². The fourth-order valence-electron chi connectivity index (χ4n) is 3.58. The molecule has 0 amide bonds. The second-order valence-electron chi connectivity index (χ2n) is 8.08. The Morgan fingerprint density at radius 3 is 2.62 bits per heavy atom. The number of nitrogens with one attached hydrogen (secondary N) is 3. The van der Waals surface area contributed by atoms with Crippen LogP contribution in [-0.2, 0) is 10.2 Å². The molecule has 4 rings (SSSR count). The molecule has 1 heterocycles. The maximum atomic E-state index is 12.1. The number of fused-ring (bicyclic) bond motifs is 3. The Balaban J connectivity index is 1.29. The smallest absolute Gasteiger partial charge is 0.301 e. The molecular formula is C24H27ClN4O4S. The second-order valence-corrected chi connectivity index (χ2v) is 10.4. The first-order valence-electron chi connectivity index (χ1n) is 10.8. The zero-order valence-corrected chi connectivity index (χ0v) is 20.4. The number of rotatable bonds is 10. The number of anilines is 1. The summed E-state index contributed by atoms with van der Waals surface area (Å²) in [6, 6.07) is 18.9. The summed E-state index contributed by atoms with van der Waals surface area (Å²) < 4.78 is 33.5. The molecule has 0 saturated heterocycles. The molecule has 3 aromatic carbocycles. The lowest BCUT2D eigenvalue weighted by molar-refractivity contribution is 0.172. The van der Waals surface area contributed by atoms with Gasteiger partial charge in [-0.15, -0.1) is 0 Å². The molecule has 0 radical (unpaired) electrons. The number of para-hydroxylation sites is 1. The number of aliphatic hydroxyl groups excluding tert-OH is 1. The number of nitrogens with zero attached hydrogens (tertiary/aromatic N) is 1. The van der Waals surface area contributed by atoms with Gasteiger partial charge in [-0.05, 0) is 35.9 Å². The van der Waals surface area contributed by atoms with E-state index in [1.165, 1.54) is 25.5 Å². The molecule has 10 heteroatoms. The lowest BCUT2D eigenvalue weighted by Gasteiger charge is -2.17. The van der Waals surface area contributed by atoms with E-state index in [0.29, 0.717) is 18.7 Å². The summed E-state index contributed by atoms with van der Waals surface area (Å²) in [5, 5.41) is 16.2. The molecular weight excluding hydrogens is 476 g/mol. The van der Waals surface area contributed by atoms with Gasteiger partial charge in [0, 0.05) is 49.5 Å².